The van der Waals surface area contributed by atoms with Crippen molar-refractivity contribution in [1.29, 1.82) is 0 Å². The molecule has 36 heavy (non-hydrogen) atoms. The van der Waals surface area contributed by atoms with Crippen LogP contribution in [0.3, 0.4) is 0 Å². The normalized spacial score (nSPS) is 19.1. The predicted molar refractivity (Wildman–Crippen MR) is 122 cm³/mol. The van der Waals surface area contributed by atoms with E-state index in [9.17, 15) is 27.6 Å². The molecule has 1 aliphatic heterocycles. The van der Waals surface area contributed by atoms with Gasteiger partial charge in [-0.3, -0.25) is 14.4 Å². The molecule has 1 saturated carbocycles. The van der Waals surface area contributed by atoms with Gasteiger partial charge in [0.15, 0.2) is 5.69 Å². The topological polar surface area (TPSA) is 96.3 Å². The van der Waals surface area contributed by atoms with Crippen LogP contribution in [0.1, 0.15) is 46.3 Å². The lowest BCUT2D eigenvalue weighted by atomic mass is 9.93. The molecule has 2 aliphatic rings. The number of amides is 3. The summed E-state index contributed by atoms with van der Waals surface area (Å²) in [5, 5.41) is 5.08. The molecule has 2 N–H and O–H groups in total. The minimum atomic E-state index is -1.27. The quantitative estimate of drug-likeness (QED) is 0.547. The molecule has 2 heterocycles. The third-order valence-corrected chi connectivity index (χ3v) is 6.43. The first-order valence-corrected chi connectivity index (χ1v) is 11.4. The van der Waals surface area contributed by atoms with Crippen molar-refractivity contribution >= 4 is 23.4 Å². The summed E-state index contributed by atoms with van der Waals surface area (Å²) in [6.07, 6.45) is 2.69. The Morgan fingerprint density at radius 2 is 1.78 bits per heavy atom. The van der Waals surface area contributed by atoms with E-state index in [2.05, 4.69) is 15.6 Å². The van der Waals surface area contributed by atoms with Crippen molar-refractivity contribution in [3.05, 3.63) is 83.2 Å². The molecule has 0 spiro atoms. The summed E-state index contributed by atoms with van der Waals surface area (Å²) in [5.41, 5.74) is -1.23. The number of carbonyl (C=O) groups excluding carboxylic acids is 3. The predicted octanol–water partition coefficient (Wildman–Crippen LogP) is 3.25. The van der Waals surface area contributed by atoms with E-state index < -0.39 is 34.9 Å². The molecule has 0 saturated heterocycles. The van der Waals surface area contributed by atoms with Gasteiger partial charge in [0.1, 0.15) is 28.7 Å². The van der Waals surface area contributed by atoms with Gasteiger partial charge in [0, 0.05) is 18.7 Å². The van der Waals surface area contributed by atoms with Crippen LogP contribution in [0.25, 0.3) is 0 Å². The van der Waals surface area contributed by atoms with Crippen molar-refractivity contribution in [2.24, 2.45) is 0 Å². The number of halogens is 3. The molecule has 1 aliphatic carbocycles. The van der Waals surface area contributed by atoms with Crippen molar-refractivity contribution in [2.75, 3.05) is 5.32 Å². The largest absolute Gasteiger partial charge is 0.350 e. The number of imidazole rings is 1. The number of nitrogens with one attached hydrogen (secondary N) is 2. The second-order valence-electron chi connectivity index (χ2n) is 9.14. The Morgan fingerprint density at radius 3 is 2.47 bits per heavy atom. The zero-order valence-corrected chi connectivity index (χ0v) is 19.2. The van der Waals surface area contributed by atoms with Crippen LogP contribution in [0, 0.1) is 17.5 Å². The van der Waals surface area contributed by atoms with E-state index in [1.165, 1.54) is 27.9 Å². The van der Waals surface area contributed by atoms with Gasteiger partial charge in [-0.05, 0) is 49.6 Å². The smallest absolute Gasteiger partial charge is 0.276 e. The van der Waals surface area contributed by atoms with Gasteiger partial charge in [0.05, 0.1) is 18.6 Å². The fraction of sp³-hybridized carbons (Fsp3) is 0.280. The van der Waals surface area contributed by atoms with Gasteiger partial charge in [0.25, 0.3) is 11.8 Å². The first kappa shape index (κ1) is 23.6. The molecule has 3 amide bonds. The Hall–Kier alpha value is -4.15. The average Bonchev–Trinajstić information content (AvgIpc) is 3.58. The first-order valence-electron chi connectivity index (χ1n) is 11.4. The minimum absolute atomic E-state index is 0.0278. The van der Waals surface area contributed by atoms with Gasteiger partial charge in [-0.2, -0.15) is 0 Å². The Morgan fingerprint density at radius 1 is 1.08 bits per heavy atom. The standard InChI is InChI=1S/C25H22F3N5O3/c1-25(24(36)29-11-14-2-4-15(26)5-3-14)12-32-13-30-20(21(32)23(35)33(25)17-7-8-17)22(34)31-19-10-16(27)6-9-18(19)28/h2-6,9-10,13,17H,7-8,11-12H2,1H3,(H,29,36)(H,31,34). The maximum absolute atomic E-state index is 14.0. The number of carbonyl (C=O) groups is 3. The van der Waals surface area contributed by atoms with Gasteiger partial charge in [-0.15, -0.1) is 0 Å². The summed E-state index contributed by atoms with van der Waals surface area (Å²) in [7, 11) is 0. The van der Waals surface area contributed by atoms with E-state index in [4.69, 9.17) is 0 Å². The number of nitrogens with zero attached hydrogens (tertiary/aromatic N) is 3. The molecule has 8 nitrogen and oxygen atoms in total. The highest BCUT2D eigenvalue weighted by Gasteiger charge is 2.53. The molecule has 1 fully saturated rings. The average molecular weight is 497 g/mol. The zero-order valence-electron chi connectivity index (χ0n) is 19.2. The third-order valence-electron chi connectivity index (χ3n) is 6.43. The summed E-state index contributed by atoms with van der Waals surface area (Å²) in [5.74, 6) is -3.79. The van der Waals surface area contributed by atoms with Gasteiger partial charge < -0.3 is 20.1 Å². The highest BCUT2D eigenvalue weighted by molar-refractivity contribution is 6.11. The van der Waals surface area contributed by atoms with Crippen molar-refractivity contribution < 1.29 is 27.6 Å². The van der Waals surface area contributed by atoms with Gasteiger partial charge in [-0.25, -0.2) is 18.2 Å². The molecule has 1 atom stereocenters. The first-order chi connectivity index (χ1) is 17.2. The van der Waals surface area contributed by atoms with Crippen molar-refractivity contribution in [1.82, 2.24) is 19.8 Å². The highest BCUT2D eigenvalue weighted by Crippen LogP contribution is 2.39. The lowest BCUT2D eigenvalue weighted by Gasteiger charge is -2.44. The highest BCUT2D eigenvalue weighted by atomic mass is 19.1. The number of fused-ring (bicyclic) bond motifs is 1. The summed E-state index contributed by atoms with van der Waals surface area (Å²) in [6.45, 7) is 1.83. The fourth-order valence-electron chi connectivity index (χ4n) is 4.47. The second kappa shape index (κ2) is 8.81. The third kappa shape index (κ3) is 4.21. The van der Waals surface area contributed by atoms with Crippen LogP contribution in [0.15, 0.2) is 48.8 Å². The van der Waals surface area contributed by atoms with Crippen molar-refractivity contribution in [2.45, 2.75) is 44.4 Å². The number of benzene rings is 2. The van der Waals surface area contributed by atoms with Crippen LogP contribution in [0.2, 0.25) is 0 Å². The van der Waals surface area contributed by atoms with Crippen molar-refractivity contribution in [3.8, 4) is 0 Å². The maximum atomic E-state index is 14.0. The fourth-order valence-corrected chi connectivity index (χ4v) is 4.47. The molecular formula is C25H22F3N5O3. The molecule has 186 valence electrons. The van der Waals surface area contributed by atoms with Gasteiger partial charge in [-0.1, -0.05) is 12.1 Å². The monoisotopic (exact) mass is 497 g/mol. The maximum Gasteiger partial charge on any atom is 0.276 e. The van der Waals surface area contributed by atoms with Crippen LogP contribution in [-0.2, 0) is 17.9 Å². The number of hydrogen-bond donors (Lipinski definition) is 2. The molecule has 0 radical (unpaired) electrons. The Kier molecular flexibility index (Phi) is 5.77. The lowest BCUT2D eigenvalue weighted by molar-refractivity contribution is -0.133. The SMILES string of the molecule is CC1(C(=O)NCc2ccc(F)cc2)Cn2cnc(C(=O)Nc3cc(F)ccc3F)c2C(=O)N1C1CC1. The Balaban J connectivity index is 1.41. The zero-order chi connectivity index (χ0) is 25.6. The van der Waals surface area contributed by atoms with Crippen LogP contribution in [-0.4, -0.2) is 43.8 Å². The summed E-state index contributed by atoms with van der Waals surface area (Å²) >= 11 is 0. The molecule has 1 unspecified atom stereocenters. The van der Waals surface area contributed by atoms with E-state index in [1.807, 2.05) is 0 Å². The van der Waals surface area contributed by atoms with Gasteiger partial charge >= 0.3 is 0 Å². The number of rotatable bonds is 6. The van der Waals surface area contributed by atoms with E-state index >= 15 is 0 Å². The van der Waals surface area contributed by atoms with Crippen molar-refractivity contribution in [3.63, 3.8) is 0 Å². The lowest BCUT2D eigenvalue weighted by Crippen LogP contribution is -2.64. The molecule has 5 rings (SSSR count). The van der Waals surface area contributed by atoms with Crippen LogP contribution < -0.4 is 10.6 Å². The summed E-state index contributed by atoms with van der Waals surface area (Å²) in [6, 6.07) is 8.15. The summed E-state index contributed by atoms with van der Waals surface area (Å²) < 4.78 is 42.2. The molecular weight excluding hydrogens is 475 g/mol. The van der Waals surface area contributed by atoms with E-state index in [0.717, 1.165) is 18.2 Å². The van der Waals surface area contributed by atoms with Crippen LogP contribution in [0.5, 0.6) is 0 Å². The van der Waals surface area contributed by atoms with E-state index in [-0.39, 0.29) is 42.0 Å². The Labute approximate surface area is 204 Å². The molecule has 11 heteroatoms. The number of aromatic nitrogens is 2. The van der Waals surface area contributed by atoms with Crippen LogP contribution >= 0.6 is 0 Å². The second-order valence-corrected chi connectivity index (χ2v) is 9.14. The molecule has 3 aromatic rings. The molecule has 0 bridgehead atoms. The van der Waals surface area contributed by atoms with Gasteiger partial charge in [0.2, 0.25) is 5.91 Å². The van der Waals surface area contributed by atoms with E-state index in [0.29, 0.717) is 18.4 Å². The minimum Gasteiger partial charge on any atom is -0.350 e. The Bertz CT molecular complexity index is 1370. The number of hydrogen-bond acceptors (Lipinski definition) is 4. The van der Waals surface area contributed by atoms with Crippen LogP contribution in [0.4, 0.5) is 18.9 Å². The molecule has 1 aromatic heterocycles. The number of anilines is 1. The molecule has 2 aromatic carbocycles. The summed E-state index contributed by atoms with van der Waals surface area (Å²) in [4.78, 5) is 45.4. The van der Waals surface area contributed by atoms with E-state index in [1.54, 1.807) is 19.1 Å².